The van der Waals surface area contributed by atoms with E-state index in [1.807, 2.05) is 36.4 Å². The Morgan fingerprint density at radius 2 is 0.909 bits per heavy atom. The normalized spacial score (nSPS) is 11.1. The summed E-state index contributed by atoms with van der Waals surface area (Å²) in [6, 6.07) is 26.6. The van der Waals surface area contributed by atoms with Gasteiger partial charge in [0.1, 0.15) is 0 Å². The van der Waals surface area contributed by atoms with Crippen LogP contribution in [0.5, 0.6) is 0 Å². The molecule has 0 amide bonds. The third kappa shape index (κ3) is 2.73. The van der Waals surface area contributed by atoms with Crippen LogP contribution in [0.15, 0.2) is 95.9 Å². The number of anilines is 2. The minimum atomic E-state index is -3.67. The van der Waals surface area contributed by atoms with Crippen molar-refractivity contribution in [3.63, 3.8) is 0 Å². The molecular weight excluding hydrogens is 294 g/mol. The first-order valence-electron chi connectivity index (χ1n) is 6.90. The Balaban J connectivity index is 2.19. The number of para-hydroxylation sites is 2. The summed E-state index contributed by atoms with van der Waals surface area (Å²) >= 11 is 0. The number of nitrogens with zero attached hydrogens (tertiary/aromatic N) is 1. The lowest BCUT2D eigenvalue weighted by Crippen LogP contribution is -2.26. The van der Waals surface area contributed by atoms with Crippen LogP contribution in [0, 0.1) is 0 Å². The zero-order valence-electron chi connectivity index (χ0n) is 11.8. The highest BCUT2D eigenvalue weighted by Crippen LogP contribution is 2.31. The fourth-order valence-corrected chi connectivity index (χ4v) is 3.76. The molecule has 0 spiro atoms. The third-order valence-corrected chi connectivity index (χ3v) is 5.03. The monoisotopic (exact) mass is 309 g/mol. The van der Waals surface area contributed by atoms with Crippen LogP contribution in [0.4, 0.5) is 11.4 Å². The molecule has 0 aliphatic carbocycles. The molecule has 110 valence electrons. The predicted molar refractivity (Wildman–Crippen MR) is 88.7 cm³/mol. The zero-order valence-corrected chi connectivity index (χ0v) is 12.6. The van der Waals surface area contributed by atoms with Gasteiger partial charge in [0.2, 0.25) is 0 Å². The number of hydrogen-bond donors (Lipinski definition) is 0. The van der Waals surface area contributed by atoms with Crippen LogP contribution >= 0.6 is 0 Å². The van der Waals surface area contributed by atoms with Crippen LogP contribution in [0.3, 0.4) is 0 Å². The van der Waals surface area contributed by atoms with E-state index in [1.54, 1.807) is 54.6 Å². The largest absolute Gasteiger partial charge is 0.268 e. The van der Waals surface area contributed by atoms with Crippen LogP contribution < -0.4 is 4.31 Å². The van der Waals surface area contributed by atoms with E-state index < -0.39 is 10.0 Å². The van der Waals surface area contributed by atoms with Gasteiger partial charge in [-0.1, -0.05) is 54.6 Å². The van der Waals surface area contributed by atoms with Gasteiger partial charge in [0, 0.05) is 0 Å². The Morgan fingerprint density at radius 3 is 1.32 bits per heavy atom. The molecule has 3 aromatic carbocycles. The molecule has 3 rings (SSSR count). The van der Waals surface area contributed by atoms with E-state index in [4.69, 9.17) is 0 Å². The Labute approximate surface area is 130 Å². The first kappa shape index (κ1) is 14.4. The van der Waals surface area contributed by atoms with E-state index in [1.165, 1.54) is 4.31 Å². The molecule has 0 saturated heterocycles. The summed E-state index contributed by atoms with van der Waals surface area (Å²) in [5.74, 6) is 0. The Kier molecular flexibility index (Phi) is 3.94. The quantitative estimate of drug-likeness (QED) is 0.724. The molecule has 0 N–H and O–H groups in total. The molecule has 0 atom stereocenters. The van der Waals surface area contributed by atoms with Crippen molar-refractivity contribution in [1.82, 2.24) is 0 Å². The van der Waals surface area contributed by atoms with Gasteiger partial charge in [-0.3, -0.25) is 0 Å². The molecule has 0 fully saturated rings. The fourth-order valence-electron chi connectivity index (χ4n) is 2.25. The molecular formula is C18H15NO2S. The second-order valence-electron chi connectivity index (χ2n) is 4.75. The molecule has 0 saturated carbocycles. The maximum atomic E-state index is 13.1. The first-order chi connectivity index (χ1) is 10.7. The van der Waals surface area contributed by atoms with Crippen molar-refractivity contribution in [1.29, 1.82) is 0 Å². The SMILES string of the molecule is O=S(=O)(c1ccccc1)N(c1ccccc1)c1ccccc1. The van der Waals surface area contributed by atoms with Crippen molar-refractivity contribution in [2.24, 2.45) is 0 Å². The van der Waals surface area contributed by atoms with Crippen molar-refractivity contribution < 1.29 is 8.42 Å². The van der Waals surface area contributed by atoms with E-state index >= 15 is 0 Å². The van der Waals surface area contributed by atoms with Crippen LogP contribution in [0.2, 0.25) is 0 Å². The molecule has 0 heterocycles. The van der Waals surface area contributed by atoms with Gasteiger partial charge in [0.05, 0.1) is 16.3 Å². The maximum Gasteiger partial charge on any atom is 0.268 e. The number of sulfonamides is 1. The number of benzene rings is 3. The van der Waals surface area contributed by atoms with E-state index in [0.717, 1.165) is 0 Å². The predicted octanol–water partition coefficient (Wildman–Crippen LogP) is 4.21. The molecule has 3 nitrogen and oxygen atoms in total. The summed E-state index contributed by atoms with van der Waals surface area (Å²) < 4.78 is 27.5. The van der Waals surface area contributed by atoms with Gasteiger partial charge in [-0.15, -0.1) is 0 Å². The molecule has 0 radical (unpaired) electrons. The highest BCUT2D eigenvalue weighted by atomic mass is 32.2. The van der Waals surface area contributed by atoms with E-state index in [9.17, 15) is 8.42 Å². The summed E-state index contributed by atoms with van der Waals surface area (Å²) in [4.78, 5) is 0.266. The first-order valence-corrected chi connectivity index (χ1v) is 8.34. The molecule has 0 aliphatic heterocycles. The average Bonchev–Trinajstić information content (AvgIpc) is 2.58. The van der Waals surface area contributed by atoms with Gasteiger partial charge in [-0.05, 0) is 36.4 Å². The average molecular weight is 309 g/mol. The van der Waals surface area contributed by atoms with Crippen molar-refractivity contribution >= 4 is 21.4 Å². The minimum absolute atomic E-state index is 0.266. The summed E-state index contributed by atoms with van der Waals surface area (Å²) in [7, 11) is -3.67. The molecule has 22 heavy (non-hydrogen) atoms. The van der Waals surface area contributed by atoms with Crippen LogP contribution in [0.25, 0.3) is 0 Å². The third-order valence-electron chi connectivity index (χ3n) is 3.26. The smallest absolute Gasteiger partial charge is 0.235 e. The zero-order chi connectivity index (χ0) is 15.4. The summed E-state index contributed by atoms with van der Waals surface area (Å²) in [6.07, 6.45) is 0. The van der Waals surface area contributed by atoms with Crippen molar-refractivity contribution in [3.05, 3.63) is 91.0 Å². The number of rotatable bonds is 4. The van der Waals surface area contributed by atoms with E-state index in [2.05, 4.69) is 0 Å². The molecule has 0 unspecified atom stereocenters. The van der Waals surface area contributed by atoms with Gasteiger partial charge in [-0.2, -0.15) is 0 Å². The minimum Gasteiger partial charge on any atom is -0.235 e. The fraction of sp³-hybridized carbons (Fsp3) is 0. The summed E-state index contributed by atoms with van der Waals surface area (Å²) in [5, 5.41) is 0. The van der Waals surface area contributed by atoms with Crippen molar-refractivity contribution in [3.8, 4) is 0 Å². The van der Waals surface area contributed by atoms with Crippen molar-refractivity contribution in [2.75, 3.05) is 4.31 Å². The van der Waals surface area contributed by atoms with Crippen LogP contribution in [-0.4, -0.2) is 8.42 Å². The second kappa shape index (κ2) is 6.03. The molecule has 0 aliphatic rings. The Morgan fingerprint density at radius 1 is 0.545 bits per heavy atom. The highest BCUT2D eigenvalue weighted by Gasteiger charge is 2.26. The molecule has 0 aromatic heterocycles. The molecule has 4 heteroatoms. The Bertz CT molecular complexity index is 793. The second-order valence-corrected chi connectivity index (χ2v) is 6.54. The number of hydrogen-bond acceptors (Lipinski definition) is 2. The summed E-state index contributed by atoms with van der Waals surface area (Å²) in [5.41, 5.74) is 1.22. The lowest BCUT2D eigenvalue weighted by Gasteiger charge is -2.24. The highest BCUT2D eigenvalue weighted by molar-refractivity contribution is 7.93. The summed E-state index contributed by atoms with van der Waals surface area (Å²) in [6.45, 7) is 0. The molecule has 3 aromatic rings. The lowest BCUT2D eigenvalue weighted by atomic mass is 10.3. The van der Waals surface area contributed by atoms with E-state index in [-0.39, 0.29) is 4.90 Å². The topological polar surface area (TPSA) is 37.4 Å². The standard InChI is InChI=1S/C18H15NO2S/c20-22(21,18-14-8-3-9-15-18)19(16-10-4-1-5-11-16)17-12-6-2-7-13-17/h1-15H. The van der Waals surface area contributed by atoms with Gasteiger partial charge in [0.15, 0.2) is 0 Å². The van der Waals surface area contributed by atoms with Gasteiger partial charge in [-0.25, -0.2) is 12.7 Å². The van der Waals surface area contributed by atoms with Gasteiger partial charge in [0.25, 0.3) is 10.0 Å². The maximum absolute atomic E-state index is 13.1. The van der Waals surface area contributed by atoms with Crippen molar-refractivity contribution in [2.45, 2.75) is 4.90 Å². The van der Waals surface area contributed by atoms with Gasteiger partial charge < -0.3 is 0 Å². The van der Waals surface area contributed by atoms with Crippen LogP contribution in [0.1, 0.15) is 0 Å². The lowest BCUT2D eigenvalue weighted by molar-refractivity contribution is 0.596. The van der Waals surface area contributed by atoms with E-state index in [0.29, 0.717) is 11.4 Å². The molecule has 0 bridgehead atoms. The van der Waals surface area contributed by atoms with Gasteiger partial charge >= 0.3 is 0 Å². The van der Waals surface area contributed by atoms with Crippen LogP contribution in [-0.2, 0) is 10.0 Å². The Hall–Kier alpha value is -2.59.